The Hall–Kier alpha value is -2.37. The van der Waals surface area contributed by atoms with Crippen LogP contribution >= 0.6 is 0 Å². The first-order valence-electron chi connectivity index (χ1n) is 6.52. The number of amides is 3. The number of anilines is 1. The third-order valence-electron chi connectivity index (χ3n) is 3.48. The summed E-state index contributed by atoms with van der Waals surface area (Å²) in [6, 6.07) is 4.26. The van der Waals surface area contributed by atoms with E-state index in [0.717, 1.165) is 0 Å². The normalized spacial score (nSPS) is 27.1. The zero-order valence-electron chi connectivity index (χ0n) is 11.1. The van der Waals surface area contributed by atoms with E-state index >= 15 is 0 Å². The summed E-state index contributed by atoms with van der Waals surface area (Å²) in [5, 5.41) is 2.13. The van der Waals surface area contributed by atoms with Crippen molar-refractivity contribution in [2.75, 3.05) is 5.73 Å². The van der Waals surface area contributed by atoms with Crippen LogP contribution in [-0.4, -0.2) is 28.7 Å². The van der Waals surface area contributed by atoms with Gasteiger partial charge < -0.3 is 10.6 Å². The highest BCUT2D eigenvalue weighted by atomic mass is 16.2. The molecule has 2 heterocycles. The summed E-state index contributed by atoms with van der Waals surface area (Å²) >= 11 is 0. The smallest absolute Gasteiger partial charge is 0.255 e. The molecule has 1 fully saturated rings. The Morgan fingerprint density at radius 2 is 2.16 bits per heavy atom. The van der Waals surface area contributed by atoms with E-state index in [9.17, 15) is 14.4 Å². The summed E-state index contributed by atoms with van der Waals surface area (Å²) in [7, 11) is 0. The second-order valence-electron chi connectivity index (χ2n) is 4.62. The van der Waals surface area contributed by atoms with Gasteiger partial charge in [0, 0.05) is 31.1 Å². The number of hydrogen-bond donors (Lipinski definition) is 2. The second kappa shape index (κ2) is 4.08. The molecule has 2 aliphatic heterocycles. The van der Waals surface area contributed by atoms with Gasteiger partial charge in [-0.15, -0.1) is 0 Å². The highest BCUT2D eigenvalue weighted by Gasteiger charge is 2.39. The van der Waals surface area contributed by atoms with Crippen LogP contribution in [0.25, 0.3) is 0 Å². The van der Waals surface area contributed by atoms with Crippen molar-refractivity contribution in [3.8, 4) is 0 Å². The number of nitrogens with zero attached hydrogens (tertiary/aromatic N) is 1. The quantitative estimate of drug-likeness (QED) is 0.550. The average molecular weight is 260 g/mol. The van der Waals surface area contributed by atoms with Gasteiger partial charge in [0.1, 0.15) is 6.04 Å². The summed E-state index contributed by atoms with van der Waals surface area (Å²) < 4.78 is 7.60. The van der Waals surface area contributed by atoms with Crippen LogP contribution in [0.15, 0.2) is 18.2 Å². The molecule has 0 aliphatic carbocycles. The van der Waals surface area contributed by atoms with Crippen molar-refractivity contribution in [3.05, 3.63) is 29.3 Å². The summed E-state index contributed by atoms with van der Waals surface area (Å²) in [6.45, 7) is 0.236. The molecule has 2 unspecified atom stereocenters. The lowest BCUT2D eigenvalue weighted by Crippen LogP contribution is -2.52. The van der Waals surface area contributed by atoms with E-state index in [2.05, 4.69) is 5.32 Å². The molecule has 3 amide bonds. The first kappa shape index (κ1) is 10.5. The van der Waals surface area contributed by atoms with E-state index in [0.29, 0.717) is 16.8 Å². The van der Waals surface area contributed by atoms with Gasteiger partial charge in [-0.25, -0.2) is 0 Å². The molecule has 3 N–H and O–H groups in total. The largest absolute Gasteiger partial charge is 0.398 e. The van der Waals surface area contributed by atoms with Crippen LogP contribution in [0, 0.1) is 0 Å². The van der Waals surface area contributed by atoms with E-state index in [1.807, 2.05) is 0 Å². The SMILES string of the molecule is [2H]C1CC(N2Cc3c(N)cccc3C2=O)C(=O)NC1=O. The summed E-state index contributed by atoms with van der Waals surface area (Å²) in [4.78, 5) is 36.9. The molecule has 98 valence electrons. The molecule has 0 radical (unpaired) electrons. The molecular formula is C13H13N3O3. The summed E-state index contributed by atoms with van der Waals surface area (Å²) in [5.41, 5.74) is 7.53. The molecule has 0 spiro atoms. The van der Waals surface area contributed by atoms with Gasteiger partial charge in [0.15, 0.2) is 0 Å². The van der Waals surface area contributed by atoms with Gasteiger partial charge in [-0.3, -0.25) is 19.7 Å². The Labute approximate surface area is 111 Å². The minimum atomic E-state index is -1.04. The fourth-order valence-electron chi connectivity index (χ4n) is 2.48. The van der Waals surface area contributed by atoms with Crippen molar-refractivity contribution in [1.29, 1.82) is 0 Å². The number of nitrogens with two attached hydrogens (primary N) is 1. The number of fused-ring (bicyclic) bond motifs is 1. The minimum absolute atomic E-state index is 0.0182. The lowest BCUT2D eigenvalue weighted by atomic mass is 10.0. The van der Waals surface area contributed by atoms with E-state index < -0.39 is 24.3 Å². The van der Waals surface area contributed by atoms with Gasteiger partial charge in [-0.05, 0) is 18.6 Å². The summed E-state index contributed by atoms with van der Waals surface area (Å²) in [6.07, 6.45) is -1.02. The molecule has 6 heteroatoms. The number of nitrogens with one attached hydrogen (secondary N) is 1. The first-order chi connectivity index (χ1) is 9.49. The molecule has 0 aromatic heterocycles. The van der Waals surface area contributed by atoms with Crippen LogP contribution in [0.5, 0.6) is 0 Å². The van der Waals surface area contributed by atoms with E-state index in [4.69, 9.17) is 7.10 Å². The zero-order chi connectivity index (χ0) is 14.4. The third-order valence-corrected chi connectivity index (χ3v) is 3.48. The maximum Gasteiger partial charge on any atom is 0.255 e. The molecule has 19 heavy (non-hydrogen) atoms. The van der Waals surface area contributed by atoms with Crippen molar-refractivity contribution in [2.45, 2.75) is 25.4 Å². The number of piperidine rings is 1. The fraction of sp³-hybridized carbons (Fsp3) is 0.308. The molecular weight excluding hydrogens is 246 g/mol. The molecule has 1 aromatic carbocycles. The predicted molar refractivity (Wildman–Crippen MR) is 66.9 cm³/mol. The van der Waals surface area contributed by atoms with Crippen LogP contribution in [0.4, 0.5) is 5.69 Å². The molecule has 1 aromatic rings. The first-order valence-corrected chi connectivity index (χ1v) is 5.94. The summed E-state index contributed by atoms with van der Waals surface area (Å²) in [5.74, 6) is -1.43. The fourth-order valence-corrected chi connectivity index (χ4v) is 2.48. The van der Waals surface area contributed by atoms with E-state index in [-0.39, 0.29) is 18.9 Å². The van der Waals surface area contributed by atoms with Crippen LogP contribution in [0.1, 0.15) is 30.1 Å². The Bertz CT molecular complexity index is 631. The Morgan fingerprint density at radius 3 is 2.89 bits per heavy atom. The molecule has 2 aliphatic rings. The molecule has 1 saturated heterocycles. The highest BCUT2D eigenvalue weighted by Crippen LogP contribution is 2.30. The molecule has 0 bridgehead atoms. The number of hydrogen-bond acceptors (Lipinski definition) is 4. The van der Waals surface area contributed by atoms with E-state index in [1.165, 1.54) is 4.90 Å². The number of imide groups is 1. The number of rotatable bonds is 1. The highest BCUT2D eigenvalue weighted by molar-refractivity contribution is 6.06. The number of carbonyl (C=O) groups is 3. The Morgan fingerprint density at radius 1 is 1.37 bits per heavy atom. The topological polar surface area (TPSA) is 92.5 Å². The van der Waals surface area contributed by atoms with Gasteiger partial charge in [0.05, 0.1) is 0 Å². The molecule has 2 atom stereocenters. The maximum absolute atomic E-state index is 12.3. The van der Waals surface area contributed by atoms with Gasteiger partial charge >= 0.3 is 0 Å². The lowest BCUT2D eigenvalue weighted by Gasteiger charge is -2.29. The van der Waals surface area contributed by atoms with Gasteiger partial charge in [0.25, 0.3) is 5.91 Å². The van der Waals surface area contributed by atoms with Crippen LogP contribution in [-0.2, 0) is 16.1 Å². The van der Waals surface area contributed by atoms with Crippen molar-refractivity contribution < 1.29 is 15.8 Å². The van der Waals surface area contributed by atoms with Crippen molar-refractivity contribution in [3.63, 3.8) is 0 Å². The number of nitrogen functional groups attached to an aromatic ring is 1. The van der Waals surface area contributed by atoms with Crippen molar-refractivity contribution >= 4 is 23.4 Å². The molecule has 3 rings (SSSR count). The van der Waals surface area contributed by atoms with Crippen molar-refractivity contribution in [1.82, 2.24) is 10.2 Å². The van der Waals surface area contributed by atoms with Crippen molar-refractivity contribution in [2.24, 2.45) is 0 Å². The second-order valence-corrected chi connectivity index (χ2v) is 4.62. The van der Waals surface area contributed by atoms with Gasteiger partial charge in [-0.2, -0.15) is 0 Å². The number of benzene rings is 1. The maximum atomic E-state index is 12.3. The van der Waals surface area contributed by atoms with Gasteiger partial charge in [-0.1, -0.05) is 6.07 Å². The minimum Gasteiger partial charge on any atom is -0.398 e. The van der Waals surface area contributed by atoms with Crippen LogP contribution in [0.3, 0.4) is 0 Å². The zero-order valence-corrected chi connectivity index (χ0v) is 10.1. The van der Waals surface area contributed by atoms with E-state index in [1.54, 1.807) is 18.2 Å². The molecule has 6 nitrogen and oxygen atoms in total. The van der Waals surface area contributed by atoms with Crippen LogP contribution in [0.2, 0.25) is 0 Å². The molecule has 0 saturated carbocycles. The average Bonchev–Trinajstić information content (AvgIpc) is 2.73. The number of carbonyl (C=O) groups excluding carboxylic acids is 3. The van der Waals surface area contributed by atoms with Gasteiger partial charge in [0.2, 0.25) is 11.8 Å². The standard InChI is InChI=1S/C13H13N3O3/c14-9-3-1-2-7-8(9)6-16(13(7)19)10-4-5-11(17)15-12(10)18/h1-3,10H,4-6,14H2,(H,15,17,18)/i5D. The Kier molecular flexibility index (Phi) is 2.26. The predicted octanol–water partition coefficient (Wildman–Crippen LogP) is 0.0298. The Balaban J connectivity index is 1.91. The monoisotopic (exact) mass is 260 g/mol. The lowest BCUT2D eigenvalue weighted by molar-refractivity contribution is -0.136. The van der Waals surface area contributed by atoms with Crippen LogP contribution < -0.4 is 11.1 Å². The third kappa shape index (κ3) is 1.76.